The van der Waals surface area contributed by atoms with Gasteiger partial charge in [-0.25, -0.2) is 13.2 Å². The smallest absolute Gasteiger partial charge is 0.335 e. The van der Waals surface area contributed by atoms with Crippen molar-refractivity contribution in [1.29, 1.82) is 0 Å². The number of sulfone groups is 1. The van der Waals surface area contributed by atoms with Gasteiger partial charge in [0, 0.05) is 19.2 Å². The highest BCUT2D eigenvalue weighted by molar-refractivity contribution is 7.90. The van der Waals surface area contributed by atoms with Gasteiger partial charge in [-0.3, -0.25) is 4.79 Å². The van der Waals surface area contributed by atoms with Crippen molar-refractivity contribution in [3.05, 3.63) is 59.7 Å². The third kappa shape index (κ3) is 6.74. The average molecular weight is 391 g/mol. The first-order chi connectivity index (χ1) is 12.8. The molecule has 0 unspecified atom stereocenters. The van der Waals surface area contributed by atoms with Crippen molar-refractivity contribution in [2.24, 2.45) is 0 Å². The molecule has 0 fully saturated rings. The van der Waals surface area contributed by atoms with Crippen LogP contribution in [0.3, 0.4) is 0 Å². The molecule has 0 bridgehead atoms. The number of benzene rings is 2. The van der Waals surface area contributed by atoms with Crippen LogP contribution >= 0.6 is 0 Å². The normalized spacial score (nSPS) is 11.0. The molecule has 0 heterocycles. The van der Waals surface area contributed by atoms with Gasteiger partial charge in [-0.15, -0.1) is 0 Å². The average Bonchev–Trinajstić information content (AvgIpc) is 2.63. The van der Waals surface area contributed by atoms with Crippen molar-refractivity contribution in [1.82, 2.24) is 5.32 Å². The van der Waals surface area contributed by atoms with Crippen molar-refractivity contribution in [3.63, 3.8) is 0 Å². The minimum atomic E-state index is -3.23. The van der Waals surface area contributed by atoms with Crippen LogP contribution in [0.15, 0.2) is 53.4 Å². The number of carboxylic acid groups (broad SMARTS) is 1. The molecule has 1 amide bonds. The molecule has 0 aliphatic rings. The molecule has 2 N–H and O–H groups in total. The molecule has 7 nitrogen and oxygen atoms in total. The van der Waals surface area contributed by atoms with E-state index in [2.05, 4.69) is 5.32 Å². The molecule has 0 radical (unpaired) electrons. The number of hydrogen-bond acceptors (Lipinski definition) is 5. The summed E-state index contributed by atoms with van der Waals surface area (Å²) >= 11 is 0. The Morgan fingerprint density at radius 2 is 1.67 bits per heavy atom. The van der Waals surface area contributed by atoms with Crippen LogP contribution in [-0.2, 0) is 21.2 Å². The van der Waals surface area contributed by atoms with Gasteiger partial charge in [0.2, 0.25) is 5.91 Å². The Morgan fingerprint density at radius 3 is 2.22 bits per heavy atom. The van der Waals surface area contributed by atoms with E-state index in [-0.39, 0.29) is 22.8 Å². The van der Waals surface area contributed by atoms with E-state index >= 15 is 0 Å². The standard InChI is InChI=1S/C19H21NO6S/c1-27(24,25)17-10-8-16(9-11-17)26-12-2-3-18(21)20-13-14-4-6-15(7-5-14)19(22)23/h4-11H,2-3,12-13H2,1H3,(H,20,21)(H,22,23). The van der Waals surface area contributed by atoms with Gasteiger partial charge in [-0.1, -0.05) is 12.1 Å². The maximum Gasteiger partial charge on any atom is 0.335 e. The number of nitrogens with one attached hydrogen (secondary N) is 1. The summed E-state index contributed by atoms with van der Waals surface area (Å²) in [6.45, 7) is 0.658. The first-order valence-electron chi connectivity index (χ1n) is 8.27. The molecule has 8 heteroatoms. The first kappa shape index (κ1) is 20.4. The van der Waals surface area contributed by atoms with Gasteiger partial charge in [0.25, 0.3) is 0 Å². The molecule has 0 atom stereocenters. The zero-order chi connectivity index (χ0) is 19.9. The van der Waals surface area contributed by atoms with Crippen LogP contribution in [0.1, 0.15) is 28.8 Å². The molecular weight excluding hydrogens is 370 g/mol. The van der Waals surface area contributed by atoms with E-state index in [9.17, 15) is 18.0 Å². The summed E-state index contributed by atoms with van der Waals surface area (Å²) in [6.07, 6.45) is 1.94. The number of rotatable bonds is 9. The summed E-state index contributed by atoms with van der Waals surface area (Å²) in [5.41, 5.74) is 1.02. The van der Waals surface area contributed by atoms with Crippen molar-refractivity contribution in [3.8, 4) is 5.75 Å². The third-order valence-corrected chi connectivity index (χ3v) is 4.89. The largest absolute Gasteiger partial charge is 0.494 e. The fourth-order valence-electron chi connectivity index (χ4n) is 2.26. The van der Waals surface area contributed by atoms with E-state index in [0.717, 1.165) is 11.8 Å². The molecule has 144 valence electrons. The van der Waals surface area contributed by atoms with E-state index in [1.165, 1.54) is 24.3 Å². The van der Waals surface area contributed by atoms with E-state index in [1.54, 1.807) is 24.3 Å². The Bertz CT molecular complexity index is 889. The second kappa shape index (κ2) is 9.18. The van der Waals surface area contributed by atoms with Crippen molar-refractivity contribution in [2.75, 3.05) is 12.9 Å². The summed E-state index contributed by atoms with van der Waals surface area (Å²) in [4.78, 5) is 22.8. The van der Waals surface area contributed by atoms with Crippen LogP contribution in [0.25, 0.3) is 0 Å². The minimum Gasteiger partial charge on any atom is -0.494 e. The van der Waals surface area contributed by atoms with Crippen molar-refractivity contribution < 1.29 is 27.9 Å². The fraction of sp³-hybridized carbons (Fsp3) is 0.263. The summed E-state index contributed by atoms with van der Waals surface area (Å²) < 4.78 is 28.2. The maximum atomic E-state index is 11.8. The Hall–Kier alpha value is -2.87. The highest BCUT2D eigenvalue weighted by Crippen LogP contribution is 2.16. The van der Waals surface area contributed by atoms with Crippen LogP contribution < -0.4 is 10.1 Å². The monoisotopic (exact) mass is 391 g/mol. The number of hydrogen-bond donors (Lipinski definition) is 2. The number of aromatic carboxylic acids is 1. The maximum absolute atomic E-state index is 11.8. The van der Waals surface area contributed by atoms with Crippen LogP contribution in [0.4, 0.5) is 0 Å². The molecule has 0 saturated heterocycles. The summed E-state index contributed by atoms with van der Waals surface area (Å²) in [5.74, 6) is -0.578. The molecule has 0 aliphatic carbocycles. The summed E-state index contributed by atoms with van der Waals surface area (Å²) in [7, 11) is -3.23. The van der Waals surface area contributed by atoms with Gasteiger partial charge < -0.3 is 15.2 Å². The predicted molar refractivity (Wildman–Crippen MR) is 99.5 cm³/mol. The molecular formula is C19H21NO6S. The highest BCUT2D eigenvalue weighted by Gasteiger charge is 2.07. The lowest BCUT2D eigenvalue weighted by atomic mass is 10.1. The van der Waals surface area contributed by atoms with Gasteiger partial charge >= 0.3 is 5.97 Å². The van der Waals surface area contributed by atoms with Crippen LogP contribution in [0.5, 0.6) is 5.75 Å². The van der Waals surface area contributed by atoms with E-state index in [4.69, 9.17) is 9.84 Å². The third-order valence-electron chi connectivity index (χ3n) is 3.76. The van der Waals surface area contributed by atoms with Gasteiger partial charge in [0.05, 0.1) is 17.1 Å². The lowest BCUT2D eigenvalue weighted by molar-refractivity contribution is -0.121. The lowest BCUT2D eigenvalue weighted by Gasteiger charge is -2.08. The second-order valence-electron chi connectivity index (χ2n) is 5.97. The van der Waals surface area contributed by atoms with Crippen LogP contribution in [-0.4, -0.2) is 38.3 Å². The lowest BCUT2D eigenvalue weighted by Crippen LogP contribution is -2.23. The van der Waals surface area contributed by atoms with Gasteiger partial charge in [0.1, 0.15) is 5.75 Å². The second-order valence-corrected chi connectivity index (χ2v) is 7.99. The zero-order valence-corrected chi connectivity index (χ0v) is 15.7. The van der Waals surface area contributed by atoms with Gasteiger partial charge in [-0.05, 0) is 48.4 Å². The molecule has 2 aromatic carbocycles. The molecule has 27 heavy (non-hydrogen) atoms. The number of ether oxygens (including phenoxy) is 1. The Balaban J connectivity index is 1.68. The Kier molecular flexibility index (Phi) is 6.95. The number of carbonyl (C=O) groups excluding carboxylic acids is 1. The summed E-state index contributed by atoms with van der Waals surface area (Å²) in [5, 5.41) is 11.6. The van der Waals surface area contributed by atoms with Crippen LogP contribution in [0, 0.1) is 0 Å². The Morgan fingerprint density at radius 1 is 1.04 bits per heavy atom. The summed E-state index contributed by atoms with van der Waals surface area (Å²) in [6, 6.07) is 12.4. The molecule has 2 aromatic rings. The van der Waals surface area contributed by atoms with E-state index in [1.807, 2.05) is 0 Å². The molecule has 0 saturated carbocycles. The van der Waals surface area contributed by atoms with E-state index < -0.39 is 15.8 Å². The quantitative estimate of drug-likeness (QED) is 0.635. The molecule has 0 spiro atoms. The molecule has 0 aliphatic heterocycles. The molecule has 0 aromatic heterocycles. The highest BCUT2D eigenvalue weighted by atomic mass is 32.2. The van der Waals surface area contributed by atoms with Crippen LogP contribution in [0.2, 0.25) is 0 Å². The fourth-order valence-corrected chi connectivity index (χ4v) is 2.89. The first-order valence-corrected chi connectivity index (χ1v) is 10.2. The molecule has 2 rings (SSSR count). The van der Waals surface area contributed by atoms with E-state index in [0.29, 0.717) is 25.3 Å². The minimum absolute atomic E-state index is 0.131. The SMILES string of the molecule is CS(=O)(=O)c1ccc(OCCCC(=O)NCc2ccc(C(=O)O)cc2)cc1. The Labute approximate surface area is 157 Å². The van der Waals surface area contributed by atoms with Crippen molar-refractivity contribution in [2.45, 2.75) is 24.3 Å². The topological polar surface area (TPSA) is 110 Å². The number of carbonyl (C=O) groups is 2. The zero-order valence-electron chi connectivity index (χ0n) is 14.8. The predicted octanol–water partition coefficient (Wildman–Crippen LogP) is 2.26. The van der Waals surface area contributed by atoms with Gasteiger partial charge in [-0.2, -0.15) is 0 Å². The van der Waals surface area contributed by atoms with Gasteiger partial charge in [0.15, 0.2) is 9.84 Å². The van der Waals surface area contributed by atoms with Crippen molar-refractivity contribution >= 4 is 21.7 Å². The number of carboxylic acids is 1. The number of amides is 1.